The van der Waals surface area contributed by atoms with Gasteiger partial charge in [0.15, 0.2) is 11.3 Å². The van der Waals surface area contributed by atoms with Gasteiger partial charge in [-0.1, -0.05) is 76.2 Å². The topological polar surface area (TPSA) is 65.8 Å². The Morgan fingerprint density at radius 3 is 2.30 bits per heavy atom. The molecule has 1 aromatic heterocycles. The number of nitriles is 1. The van der Waals surface area contributed by atoms with Gasteiger partial charge in [0.25, 0.3) is 0 Å². The number of allylic oxidation sites excluding steroid dienone is 1. The molecule has 4 rings (SSSR count). The largest absolute Gasteiger partial charge is 0.417 e. The highest BCUT2D eigenvalue weighted by atomic mass is 79.9. The lowest BCUT2D eigenvalue weighted by molar-refractivity contribution is -0.193. The number of rotatable bonds is 4. The van der Waals surface area contributed by atoms with Gasteiger partial charge in [-0.25, -0.2) is 0 Å². The molecule has 0 aliphatic carbocycles. The van der Waals surface area contributed by atoms with Crippen molar-refractivity contribution in [2.45, 2.75) is 17.0 Å². The van der Waals surface area contributed by atoms with Gasteiger partial charge in [0.1, 0.15) is 16.9 Å². The van der Waals surface area contributed by atoms with Crippen LogP contribution in [0.4, 0.5) is 13.2 Å². The monoisotopic (exact) mass is 529 g/mol. The summed E-state index contributed by atoms with van der Waals surface area (Å²) in [7, 11) is 0. The van der Waals surface area contributed by atoms with Crippen LogP contribution < -0.4 is 5.32 Å². The number of carbonyl (C=O) groups is 1. The second-order valence-electron chi connectivity index (χ2n) is 7.20. The van der Waals surface area contributed by atoms with E-state index in [2.05, 4.69) is 26.2 Å². The molecule has 1 N–H and O–H groups in total. The molecular weight excluding hydrogens is 515 g/mol. The van der Waals surface area contributed by atoms with Crippen LogP contribution in [0.15, 0.2) is 88.5 Å². The number of nitrogens with one attached hydrogen (secondary N) is 1. The summed E-state index contributed by atoms with van der Waals surface area (Å²) in [5.74, 6) is -0.700. The van der Waals surface area contributed by atoms with E-state index in [0.29, 0.717) is 16.2 Å². The Bertz CT molecular complexity index is 1240. The third kappa shape index (κ3) is 4.16. The lowest BCUT2D eigenvalue weighted by Crippen LogP contribution is -2.58. The van der Waals surface area contributed by atoms with Crippen molar-refractivity contribution in [2.24, 2.45) is 0 Å². The molecule has 3 aromatic rings. The average molecular weight is 530 g/mol. The second kappa shape index (κ2) is 9.04. The van der Waals surface area contributed by atoms with E-state index in [0.717, 1.165) is 0 Å². The number of nitrogens with zero attached hydrogens (tertiary/aromatic N) is 2. The summed E-state index contributed by atoms with van der Waals surface area (Å²) in [5.41, 5.74) is -2.56. The third-order valence-corrected chi connectivity index (χ3v) is 7.12. The molecule has 0 amide bonds. The molecule has 1 aliphatic heterocycles. The number of hydrogen-bond acceptors (Lipinski definition) is 5. The Morgan fingerprint density at radius 1 is 1.06 bits per heavy atom. The number of ketones is 1. The first kappa shape index (κ1) is 23.1. The number of hydrogen-bond donors (Lipinski definition) is 1. The lowest BCUT2D eigenvalue weighted by Gasteiger charge is -2.36. The summed E-state index contributed by atoms with van der Waals surface area (Å²) in [6.45, 7) is 0. The van der Waals surface area contributed by atoms with Gasteiger partial charge in [-0.05, 0) is 29.8 Å². The number of aromatic nitrogens is 1. The van der Waals surface area contributed by atoms with Gasteiger partial charge < -0.3 is 5.32 Å². The van der Waals surface area contributed by atoms with Crippen LogP contribution in [0.3, 0.4) is 0 Å². The van der Waals surface area contributed by atoms with Crippen LogP contribution in [0.2, 0.25) is 0 Å². The van der Waals surface area contributed by atoms with E-state index >= 15 is 0 Å². The first-order valence-corrected chi connectivity index (χ1v) is 11.4. The van der Waals surface area contributed by atoms with Crippen LogP contribution >= 0.6 is 27.7 Å². The number of carbonyl (C=O) groups excluding carboxylic acids is 1. The first-order valence-electron chi connectivity index (χ1n) is 9.70. The molecule has 0 spiro atoms. The normalized spacial score (nSPS) is 21.7. The first-order chi connectivity index (χ1) is 15.8. The summed E-state index contributed by atoms with van der Waals surface area (Å²) in [6, 6.07) is 20.2. The summed E-state index contributed by atoms with van der Waals surface area (Å²) in [6.07, 6.45) is -3.41. The Labute approximate surface area is 200 Å². The minimum atomic E-state index is -4.86. The van der Waals surface area contributed by atoms with Crippen LogP contribution in [-0.2, 0) is 5.54 Å². The molecule has 0 saturated carbocycles. The van der Waals surface area contributed by atoms with Crippen molar-refractivity contribution in [1.29, 1.82) is 5.26 Å². The predicted octanol–water partition coefficient (Wildman–Crippen LogP) is 6.08. The third-order valence-electron chi connectivity index (χ3n) is 5.24. The number of pyridine rings is 1. The number of benzene rings is 2. The van der Waals surface area contributed by atoms with Crippen molar-refractivity contribution >= 4 is 39.0 Å². The summed E-state index contributed by atoms with van der Waals surface area (Å²) in [5, 5.41) is 10.7. The Hall–Kier alpha value is -3.09. The standard InChI is InChI=1S/C24H15BrF3N3OS/c25-17-11-9-15(10-12-17)20(32)21-23(24(26,27)28,16-6-2-1-3-7-16)31-22(33-21)18(14-29)19-8-4-5-13-30-19/h1-13,21,31H/b22-18+. The van der Waals surface area contributed by atoms with E-state index in [9.17, 15) is 23.2 Å². The SMILES string of the molecule is N#C/C(=C1/NC(c2ccccc2)(C(F)(F)F)C(C(=O)c2ccc(Br)cc2)S1)c1ccccn1. The number of alkyl halides is 3. The van der Waals surface area contributed by atoms with Crippen LogP contribution in [0.1, 0.15) is 21.6 Å². The molecule has 1 aliphatic rings. The van der Waals surface area contributed by atoms with E-state index < -0.39 is 22.7 Å². The Balaban J connectivity index is 1.95. The maximum atomic E-state index is 14.9. The van der Waals surface area contributed by atoms with E-state index in [1.807, 2.05) is 6.07 Å². The minimum Gasteiger partial charge on any atom is -0.360 e. The average Bonchev–Trinajstić information content (AvgIpc) is 3.23. The maximum Gasteiger partial charge on any atom is 0.417 e. The van der Waals surface area contributed by atoms with E-state index in [1.54, 1.807) is 30.3 Å². The molecule has 0 bridgehead atoms. The zero-order valence-corrected chi connectivity index (χ0v) is 19.2. The summed E-state index contributed by atoms with van der Waals surface area (Å²) < 4.78 is 45.3. The fraction of sp³-hybridized carbons (Fsp3) is 0.125. The van der Waals surface area contributed by atoms with Gasteiger partial charge in [0, 0.05) is 16.2 Å². The molecule has 1 fully saturated rings. The highest BCUT2D eigenvalue weighted by Gasteiger charge is 2.67. The number of Topliss-reactive ketones (excluding diaryl/α,β-unsaturated/α-hetero) is 1. The van der Waals surface area contributed by atoms with Gasteiger partial charge in [0.2, 0.25) is 0 Å². The molecule has 0 radical (unpaired) electrons. The number of halogens is 4. The Morgan fingerprint density at radius 2 is 1.73 bits per heavy atom. The molecule has 1 saturated heterocycles. The van der Waals surface area contributed by atoms with Gasteiger partial charge >= 0.3 is 6.18 Å². The molecular formula is C24H15BrF3N3OS. The van der Waals surface area contributed by atoms with E-state index in [1.165, 1.54) is 48.7 Å². The van der Waals surface area contributed by atoms with Crippen molar-refractivity contribution in [3.8, 4) is 6.07 Å². The minimum absolute atomic E-state index is 0.0483. The Kier molecular flexibility index (Phi) is 6.32. The van der Waals surface area contributed by atoms with Crippen LogP contribution in [0, 0.1) is 11.3 Å². The van der Waals surface area contributed by atoms with Crippen LogP contribution in [0.25, 0.3) is 5.57 Å². The van der Waals surface area contributed by atoms with E-state index in [-0.39, 0.29) is 27.4 Å². The molecule has 166 valence electrons. The van der Waals surface area contributed by atoms with Crippen LogP contribution in [0.5, 0.6) is 0 Å². The summed E-state index contributed by atoms with van der Waals surface area (Å²) in [4.78, 5) is 17.6. The molecule has 2 unspecified atom stereocenters. The van der Waals surface area contributed by atoms with E-state index in [4.69, 9.17) is 0 Å². The molecule has 33 heavy (non-hydrogen) atoms. The zero-order chi connectivity index (χ0) is 23.6. The molecule has 9 heteroatoms. The van der Waals surface area contributed by atoms with Crippen molar-refractivity contribution in [2.75, 3.05) is 0 Å². The molecule has 2 aromatic carbocycles. The molecule has 2 atom stereocenters. The van der Waals surface area contributed by atoms with Gasteiger partial charge in [-0.2, -0.15) is 18.4 Å². The number of thioether (sulfide) groups is 1. The van der Waals surface area contributed by atoms with Crippen molar-refractivity contribution in [3.63, 3.8) is 0 Å². The quantitative estimate of drug-likeness (QED) is 0.327. The smallest absolute Gasteiger partial charge is 0.360 e. The molecule has 2 heterocycles. The zero-order valence-electron chi connectivity index (χ0n) is 16.8. The van der Waals surface area contributed by atoms with Crippen molar-refractivity contribution < 1.29 is 18.0 Å². The predicted molar refractivity (Wildman–Crippen MR) is 124 cm³/mol. The van der Waals surface area contributed by atoms with Crippen molar-refractivity contribution in [1.82, 2.24) is 10.3 Å². The maximum absolute atomic E-state index is 14.9. The van der Waals surface area contributed by atoms with Crippen molar-refractivity contribution in [3.05, 3.63) is 105 Å². The molecule has 4 nitrogen and oxygen atoms in total. The van der Waals surface area contributed by atoms with Gasteiger partial charge in [-0.15, -0.1) is 0 Å². The summed E-state index contributed by atoms with van der Waals surface area (Å²) >= 11 is 3.97. The fourth-order valence-corrected chi connectivity index (χ4v) is 5.40. The van der Waals surface area contributed by atoms with Gasteiger partial charge in [-0.3, -0.25) is 9.78 Å². The lowest BCUT2D eigenvalue weighted by atomic mass is 9.82. The second-order valence-corrected chi connectivity index (χ2v) is 9.23. The highest BCUT2D eigenvalue weighted by Crippen LogP contribution is 2.54. The van der Waals surface area contributed by atoms with Gasteiger partial charge in [0.05, 0.1) is 10.7 Å². The fourth-order valence-electron chi connectivity index (χ4n) is 3.66. The highest BCUT2D eigenvalue weighted by molar-refractivity contribution is 9.10. The van der Waals surface area contributed by atoms with Crippen LogP contribution in [-0.4, -0.2) is 22.2 Å².